The second kappa shape index (κ2) is 6.88. The predicted molar refractivity (Wildman–Crippen MR) is 77.9 cm³/mol. The molecule has 0 amide bonds. The van der Waals surface area contributed by atoms with Gasteiger partial charge in [-0.15, -0.1) is 0 Å². The van der Waals surface area contributed by atoms with E-state index >= 15 is 0 Å². The van der Waals surface area contributed by atoms with Gasteiger partial charge in [0.05, 0.1) is 0 Å². The maximum atomic E-state index is 3.54. The summed E-state index contributed by atoms with van der Waals surface area (Å²) in [6.07, 6.45) is 2.97. The van der Waals surface area contributed by atoms with Crippen LogP contribution in [-0.2, 0) is 0 Å². The summed E-state index contributed by atoms with van der Waals surface area (Å²) in [6, 6.07) is 0.614. The fourth-order valence-corrected chi connectivity index (χ4v) is 2.76. The first-order valence-corrected chi connectivity index (χ1v) is 7.81. The number of nitrogens with zero attached hydrogens (tertiary/aromatic N) is 2. The van der Waals surface area contributed by atoms with Crippen molar-refractivity contribution in [3.63, 3.8) is 0 Å². The third-order valence-corrected chi connectivity index (χ3v) is 4.12. The molecular formula is C15H31N3. The van der Waals surface area contributed by atoms with Crippen LogP contribution in [0.25, 0.3) is 0 Å². The minimum absolute atomic E-state index is 0.614. The topological polar surface area (TPSA) is 18.5 Å². The molecule has 1 aliphatic heterocycles. The Morgan fingerprint density at radius 3 is 2.17 bits per heavy atom. The summed E-state index contributed by atoms with van der Waals surface area (Å²) in [7, 11) is 0. The Balaban J connectivity index is 1.57. The van der Waals surface area contributed by atoms with Crippen molar-refractivity contribution in [2.24, 2.45) is 11.8 Å². The van der Waals surface area contributed by atoms with E-state index in [1.165, 1.54) is 52.1 Å². The average Bonchev–Trinajstić information content (AvgIpc) is 3.13. The molecule has 2 fully saturated rings. The molecule has 1 aliphatic carbocycles. The molecule has 3 nitrogen and oxygen atoms in total. The van der Waals surface area contributed by atoms with E-state index in [1.54, 1.807) is 0 Å². The highest BCUT2D eigenvalue weighted by atomic mass is 15.3. The van der Waals surface area contributed by atoms with E-state index in [-0.39, 0.29) is 0 Å². The summed E-state index contributed by atoms with van der Waals surface area (Å²) in [4.78, 5) is 5.32. The van der Waals surface area contributed by atoms with Gasteiger partial charge in [-0.1, -0.05) is 20.8 Å². The minimum Gasteiger partial charge on any atom is -0.314 e. The summed E-state index contributed by atoms with van der Waals surface area (Å²) in [5.41, 5.74) is 0. The molecule has 0 radical (unpaired) electrons. The zero-order valence-electron chi connectivity index (χ0n) is 12.5. The van der Waals surface area contributed by atoms with Crippen molar-refractivity contribution >= 4 is 0 Å². The Bertz CT molecular complexity index is 230. The normalized spacial score (nSPS) is 24.7. The average molecular weight is 253 g/mol. The molecule has 0 aromatic carbocycles. The summed E-state index contributed by atoms with van der Waals surface area (Å²) in [6.45, 7) is 15.7. The maximum Gasteiger partial charge on any atom is 0.0110 e. The first kappa shape index (κ1) is 14.3. The zero-order chi connectivity index (χ0) is 13.0. The van der Waals surface area contributed by atoms with Crippen molar-refractivity contribution in [3.8, 4) is 0 Å². The number of nitrogens with one attached hydrogen (secondary N) is 1. The van der Waals surface area contributed by atoms with E-state index in [4.69, 9.17) is 0 Å². The number of hydrogen-bond acceptors (Lipinski definition) is 3. The molecule has 0 spiro atoms. The van der Waals surface area contributed by atoms with Gasteiger partial charge in [0.15, 0.2) is 0 Å². The van der Waals surface area contributed by atoms with Crippen molar-refractivity contribution in [1.82, 2.24) is 15.1 Å². The fraction of sp³-hybridized carbons (Fsp3) is 1.00. The SMILES string of the molecule is CC(CNC(C)C)CN1CCN(CC2CC2)CC1. The molecule has 3 heteroatoms. The molecule has 1 saturated carbocycles. The van der Waals surface area contributed by atoms with Crippen LogP contribution >= 0.6 is 0 Å². The van der Waals surface area contributed by atoms with Crippen LogP contribution in [0.1, 0.15) is 33.6 Å². The molecule has 0 bridgehead atoms. The van der Waals surface area contributed by atoms with Gasteiger partial charge >= 0.3 is 0 Å². The Morgan fingerprint density at radius 2 is 1.61 bits per heavy atom. The van der Waals surface area contributed by atoms with E-state index in [1.807, 2.05) is 0 Å². The lowest BCUT2D eigenvalue weighted by Crippen LogP contribution is -2.48. The van der Waals surface area contributed by atoms with Gasteiger partial charge in [0.25, 0.3) is 0 Å². The van der Waals surface area contributed by atoms with Gasteiger partial charge in [-0.3, -0.25) is 0 Å². The molecule has 1 saturated heterocycles. The highest BCUT2D eigenvalue weighted by Gasteiger charge is 2.26. The quantitative estimate of drug-likeness (QED) is 0.744. The molecular weight excluding hydrogens is 222 g/mol. The third-order valence-electron chi connectivity index (χ3n) is 4.12. The van der Waals surface area contributed by atoms with Crippen molar-refractivity contribution in [2.45, 2.75) is 39.7 Å². The van der Waals surface area contributed by atoms with E-state index in [0.717, 1.165) is 18.4 Å². The molecule has 106 valence electrons. The van der Waals surface area contributed by atoms with Crippen LogP contribution in [0, 0.1) is 11.8 Å². The lowest BCUT2D eigenvalue weighted by molar-refractivity contribution is 0.116. The van der Waals surface area contributed by atoms with Crippen LogP contribution in [0.4, 0.5) is 0 Å². The predicted octanol–water partition coefficient (Wildman–Crippen LogP) is 1.65. The van der Waals surface area contributed by atoms with Gasteiger partial charge in [0, 0.05) is 45.3 Å². The second-order valence-electron chi connectivity index (χ2n) is 6.71. The number of hydrogen-bond donors (Lipinski definition) is 1. The van der Waals surface area contributed by atoms with Crippen LogP contribution in [0.15, 0.2) is 0 Å². The Labute approximate surface area is 113 Å². The van der Waals surface area contributed by atoms with Crippen LogP contribution in [0.5, 0.6) is 0 Å². The Hall–Kier alpha value is -0.120. The summed E-state index contributed by atoms with van der Waals surface area (Å²) in [5.74, 6) is 1.81. The van der Waals surface area contributed by atoms with E-state index in [9.17, 15) is 0 Å². The van der Waals surface area contributed by atoms with E-state index < -0.39 is 0 Å². The first-order valence-electron chi connectivity index (χ1n) is 7.81. The maximum absolute atomic E-state index is 3.54. The van der Waals surface area contributed by atoms with Gasteiger partial charge in [0.1, 0.15) is 0 Å². The van der Waals surface area contributed by atoms with Gasteiger partial charge in [0.2, 0.25) is 0 Å². The summed E-state index contributed by atoms with van der Waals surface area (Å²) >= 11 is 0. The smallest absolute Gasteiger partial charge is 0.0110 e. The summed E-state index contributed by atoms with van der Waals surface area (Å²) in [5, 5.41) is 3.54. The third kappa shape index (κ3) is 5.25. The standard InChI is InChI=1S/C15H31N3/c1-13(2)16-10-14(3)11-17-6-8-18(9-7-17)12-15-4-5-15/h13-16H,4-12H2,1-3H3. The monoisotopic (exact) mass is 253 g/mol. The van der Waals surface area contributed by atoms with Gasteiger partial charge in [-0.2, -0.15) is 0 Å². The van der Waals surface area contributed by atoms with E-state index in [0.29, 0.717) is 6.04 Å². The lowest BCUT2D eigenvalue weighted by atomic mass is 10.1. The van der Waals surface area contributed by atoms with E-state index in [2.05, 4.69) is 35.9 Å². The van der Waals surface area contributed by atoms with Crippen molar-refractivity contribution in [2.75, 3.05) is 45.8 Å². The second-order valence-corrected chi connectivity index (χ2v) is 6.71. The van der Waals surface area contributed by atoms with Crippen LogP contribution in [0.3, 0.4) is 0 Å². The number of rotatable bonds is 7. The lowest BCUT2D eigenvalue weighted by Gasteiger charge is -2.36. The molecule has 2 aliphatic rings. The molecule has 0 aromatic heterocycles. The first-order chi connectivity index (χ1) is 8.63. The van der Waals surface area contributed by atoms with Crippen molar-refractivity contribution in [1.29, 1.82) is 0 Å². The minimum atomic E-state index is 0.614. The van der Waals surface area contributed by atoms with Gasteiger partial charge in [-0.25, -0.2) is 0 Å². The van der Waals surface area contributed by atoms with Crippen molar-refractivity contribution in [3.05, 3.63) is 0 Å². The Morgan fingerprint density at radius 1 is 1.00 bits per heavy atom. The highest BCUT2D eigenvalue weighted by Crippen LogP contribution is 2.29. The molecule has 1 atom stereocenters. The molecule has 1 N–H and O–H groups in total. The van der Waals surface area contributed by atoms with Crippen molar-refractivity contribution < 1.29 is 0 Å². The van der Waals surface area contributed by atoms with Gasteiger partial charge in [-0.05, 0) is 31.2 Å². The molecule has 1 heterocycles. The van der Waals surface area contributed by atoms with Gasteiger partial charge < -0.3 is 15.1 Å². The summed E-state index contributed by atoms with van der Waals surface area (Å²) < 4.78 is 0. The molecule has 0 aromatic rings. The highest BCUT2D eigenvalue weighted by molar-refractivity contribution is 4.81. The largest absolute Gasteiger partial charge is 0.314 e. The molecule has 1 unspecified atom stereocenters. The van der Waals surface area contributed by atoms with Crippen LogP contribution in [0.2, 0.25) is 0 Å². The Kier molecular flexibility index (Phi) is 5.46. The zero-order valence-corrected chi connectivity index (χ0v) is 12.5. The fourth-order valence-electron chi connectivity index (χ4n) is 2.76. The van der Waals surface area contributed by atoms with Crippen LogP contribution < -0.4 is 5.32 Å². The molecule has 18 heavy (non-hydrogen) atoms. The van der Waals surface area contributed by atoms with Crippen LogP contribution in [-0.4, -0.2) is 61.7 Å². The molecule has 2 rings (SSSR count). The number of piperazine rings is 1.